The Morgan fingerprint density at radius 1 is 1.13 bits per heavy atom. The van der Waals surface area contributed by atoms with E-state index in [-0.39, 0.29) is 41.1 Å². The molecule has 5 rings (SSSR count). The smallest absolute Gasteiger partial charge is 0.328 e. The van der Waals surface area contributed by atoms with E-state index < -0.39 is 63.1 Å². The van der Waals surface area contributed by atoms with Crippen LogP contribution in [-0.2, 0) is 19.2 Å². The summed E-state index contributed by atoms with van der Waals surface area (Å²) in [6.07, 6.45) is 1.41. The summed E-state index contributed by atoms with van der Waals surface area (Å²) in [4.78, 5) is 62.7. The van der Waals surface area contributed by atoms with Crippen LogP contribution in [0.15, 0.2) is 23.8 Å². The van der Waals surface area contributed by atoms with Crippen molar-refractivity contribution in [1.29, 1.82) is 0 Å². The standard InChI is InChI=1S/C24H22BrCl2N3O8/c1-37-9-5-13(31)16(14(6-9)38-2)17-10-3-4-11-15(19(33)30(18(11)32)22(28)36)12(10)7-23(26)20(34)29(8-25)21(35)24(17,23)27/h3,5-6,11-12,15,17,31H,4,7-8H2,1-2H3,(H2,28,36)/t11-,12+,15-,17+,23+,24-/m0/s1. The minimum atomic E-state index is -2.14. The molecule has 3 N–H and O–H groups in total. The molecule has 2 heterocycles. The average Bonchev–Trinajstić information content (AvgIpc) is 3.22. The molecule has 38 heavy (non-hydrogen) atoms. The molecule has 2 aliphatic heterocycles. The highest BCUT2D eigenvalue weighted by Crippen LogP contribution is 2.67. The topological polar surface area (TPSA) is 157 Å². The molecule has 6 atom stereocenters. The van der Waals surface area contributed by atoms with Gasteiger partial charge < -0.3 is 20.3 Å². The van der Waals surface area contributed by atoms with E-state index in [9.17, 15) is 29.1 Å². The number of amides is 6. The normalized spacial score (nSPS) is 34.1. The van der Waals surface area contributed by atoms with Crippen molar-refractivity contribution in [3.63, 3.8) is 0 Å². The second-order valence-electron chi connectivity index (χ2n) is 9.60. The van der Waals surface area contributed by atoms with Gasteiger partial charge in [-0.15, -0.1) is 23.2 Å². The van der Waals surface area contributed by atoms with Crippen molar-refractivity contribution < 1.29 is 38.6 Å². The molecule has 2 aliphatic carbocycles. The summed E-state index contributed by atoms with van der Waals surface area (Å²) in [6.45, 7) is 0. The largest absolute Gasteiger partial charge is 0.507 e. The van der Waals surface area contributed by atoms with Crippen LogP contribution in [0.1, 0.15) is 24.3 Å². The first-order valence-corrected chi connectivity index (χ1v) is 13.4. The van der Waals surface area contributed by atoms with Gasteiger partial charge in [0.05, 0.1) is 31.5 Å². The Bertz CT molecular complexity index is 1350. The lowest BCUT2D eigenvalue weighted by Gasteiger charge is -2.50. The second kappa shape index (κ2) is 8.85. The molecular formula is C24H22BrCl2N3O8. The van der Waals surface area contributed by atoms with Crippen molar-refractivity contribution in [2.24, 2.45) is 23.5 Å². The van der Waals surface area contributed by atoms with Gasteiger partial charge >= 0.3 is 6.03 Å². The number of halogens is 3. The van der Waals surface area contributed by atoms with Crippen LogP contribution in [0.4, 0.5) is 4.79 Å². The predicted octanol–water partition coefficient (Wildman–Crippen LogP) is 2.20. The van der Waals surface area contributed by atoms with Gasteiger partial charge in [0.15, 0.2) is 9.75 Å². The van der Waals surface area contributed by atoms with Gasteiger partial charge in [0.25, 0.3) is 11.8 Å². The second-order valence-corrected chi connectivity index (χ2v) is 11.3. The number of urea groups is 1. The van der Waals surface area contributed by atoms with E-state index in [1.54, 1.807) is 6.08 Å². The molecule has 6 amide bonds. The lowest BCUT2D eigenvalue weighted by Crippen LogP contribution is -2.60. The molecule has 14 heteroatoms. The van der Waals surface area contributed by atoms with Crippen LogP contribution in [0, 0.1) is 17.8 Å². The van der Waals surface area contributed by atoms with Crippen molar-refractivity contribution >= 4 is 68.8 Å². The number of phenols is 1. The molecule has 11 nitrogen and oxygen atoms in total. The van der Waals surface area contributed by atoms with E-state index in [0.717, 1.165) is 4.90 Å². The quantitative estimate of drug-likeness (QED) is 0.222. The van der Waals surface area contributed by atoms with Crippen LogP contribution in [0.2, 0.25) is 0 Å². The summed E-state index contributed by atoms with van der Waals surface area (Å²) >= 11 is 17.4. The fourth-order valence-corrected chi connectivity index (χ4v) is 7.86. The van der Waals surface area contributed by atoms with E-state index >= 15 is 0 Å². The summed E-state index contributed by atoms with van der Waals surface area (Å²) in [6, 6.07) is 1.57. The molecule has 3 fully saturated rings. The lowest BCUT2D eigenvalue weighted by atomic mass is 9.56. The van der Waals surface area contributed by atoms with Crippen LogP contribution in [0.3, 0.4) is 0 Å². The van der Waals surface area contributed by atoms with E-state index in [1.807, 2.05) is 0 Å². The van der Waals surface area contributed by atoms with E-state index in [1.165, 1.54) is 26.4 Å². The van der Waals surface area contributed by atoms with Crippen molar-refractivity contribution in [1.82, 2.24) is 9.80 Å². The van der Waals surface area contributed by atoms with Crippen molar-refractivity contribution in [2.75, 3.05) is 19.7 Å². The zero-order chi connectivity index (χ0) is 27.9. The Morgan fingerprint density at radius 3 is 2.39 bits per heavy atom. The third-order valence-corrected chi connectivity index (χ3v) is 9.99. The van der Waals surface area contributed by atoms with Gasteiger partial charge in [0, 0.05) is 23.6 Å². The van der Waals surface area contributed by atoms with E-state index in [0.29, 0.717) is 10.5 Å². The molecule has 0 unspecified atom stereocenters. The minimum absolute atomic E-state index is 0.0349. The van der Waals surface area contributed by atoms with Gasteiger partial charge in [-0.05, 0) is 18.8 Å². The summed E-state index contributed by atoms with van der Waals surface area (Å²) in [7, 11) is 2.73. The number of hydrogen-bond acceptors (Lipinski definition) is 8. The summed E-state index contributed by atoms with van der Waals surface area (Å²) in [5.74, 6) is -7.30. The average molecular weight is 631 g/mol. The number of fused-ring (bicyclic) bond motifs is 4. The summed E-state index contributed by atoms with van der Waals surface area (Å²) in [5, 5.41) is 11.2. The number of imide groups is 4. The number of nitrogens with two attached hydrogens (primary N) is 1. The predicted molar refractivity (Wildman–Crippen MR) is 136 cm³/mol. The zero-order valence-corrected chi connectivity index (χ0v) is 23.2. The SMILES string of the molecule is COc1cc(O)c([C@H]2C3=CC[C@@H]4C(=O)N(C(N)=O)C(=O)[C@@H]4[C@@H]3C[C@@]3(Cl)C(=O)N(CBr)C(=O)[C@@]23Cl)c(OC)c1. The van der Waals surface area contributed by atoms with Gasteiger partial charge in [0.1, 0.15) is 17.2 Å². The fourth-order valence-electron chi connectivity index (χ4n) is 6.45. The van der Waals surface area contributed by atoms with E-state index in [4.69, 9.17) is 38.4 Å². The third-order valence-electron chi connectivity index (χ3n) is 8.07. The van der Waals surface area contributed by atoms with Crippen LogP contribution < -0.4 is 15.2 Å². The summed E-state index contributed by atoms with van der Waals surface area (Å²) < 4.78 is 10.8. The number of allylic oxidation sites excluding steroid dienone is 2. The minimum Gasteiger partial charge on any atom is -0.507 e. The number of hydrogen-bond donors (Lipinski definition) is 2. The zero-order valence-electron chi connectivity index (χ0n) is 20.1. The Morgan fingerprint density at radius 2 is 1.82 bits per heavy atom. The number of ether oxygens (including phenoxy) is 2. The highest BCUT2D eigenvalue weighted by atomic mass is 79.9. The number of likely N-dealkylation sites (tertiary alicyclic amines) is 2. The number of primary amides is 1. The maximum absolute atomic E-state index is 13.8. The lowest BCUT2D eigenvalue weighted by molar-refractivity contribution is -0.139. The number of rotatable bonds is 4. The molecule has 202 valence electrons. The van der Waals surface area contributed by atoms with Crippen molar-refractivity contribution in [2.45, 2.75) is 28.5 Å². The van der Waals surface area contributed by atoms with Gasteiger partial charge in [-0.2, -0.15) is 4.90 Å². The molecule has 2 saturated heterocycles. The van der Waals surface area contributed by atoms with Crippen molar-refractivity contribution in [3.05, 3.63) is 29.3 Å². The number of carbonyl (C=O) groups excluding carboxylic acids is 5. The van der Waals surface area contributed by atoms with Crippen LogP contribution in [0.25, 0.3) is 0 Å². The Hall–Kier alpha value is -2.83. The van der Waals surface area contributed by atoms with Crippen molar-refractivity contribution in [3.8, 4) is 17.2 Å². The third kappa shape index (κ3) is 3.16. The maximum Gasteiger partial charge on any atom is 0.328 e. The molecule has 0 aromatic heterocycles. The molecule has 1 aromatic rings. The number of nitrogens with zero attached hydrogens (tertiary/aromatic N) is 2. The maximum atomic E-state index is 13.8. The Kier molecular flexibility index (Phi) is 6.23. The van der Waals surface area contributed by atoms with E-state index in [2.05, 4.69) is 15.9 Å². The molecule has 0 spiro atoms. The fraction of sp³-hybridized carbons (Fsp3) is 0.458. The number of carbonyl (C=O) groups is 5. The highest BCUT2D eigenvalue weighted by molar-refractivity contribution is 9.09. The number of benzene rings is 1. The molecule has 0 bridgehead atoms. The van der Waals surface area contributed by atoms with Crippen LogP contribution in [0.5, 0.6) is 17.2 Å². The van der Waals surface area contributed by atoms with Gasteiger partial charge in [-0.1, -0.05) is 27.6 Å². The van der Waals surface area contributed by atoms with Crippen LogP contribution >= 0.6 is 39.1 Å². The molecule has 0 radical (unpaired) electrons. The number of alkyl halides is 3. The van der Waals surface area contributed by atoms with Gasteiger partial charge in [0.2, 0.25) is 11.8 Å². The van der Waals surface area contributed by atoms with Gasteiger partial charge in [-0.25, -0.2) is 4.79 Å². The number of methoxy groups -OCH3 is 2. The number of aromatic hydroxyl groups is 1. The highest BCUT2D eigenvalue weighted by Gasteiger charge is 2.76. The van der Waals surface area contributed by atoms with Gasteiger partial charge in [-0.3, -0.25) is 24.1 Å². The Balaban J connectivity index is 1.79. The first kappa shape index (κ1) is 26.8. The number of phenolic OH excluding ortho intramolecular Hbond substituents is 1. The monoisotopic (exact) mass is 629 g/mol. The summed E-state index contributed by atoms with van der Waals surface area (Å²) in [5.41, 5.74) is 5.60. The Labute approximate surface area is 234 Å². The first-order chi connectivity index (χ1) is 17.9. The van der Waals surface area contributed by atoms with Crippen LogP contribution in [-0.4, -0.2) is 74.0 Å². The molecular weight excluding hydrogens is 609 g/mol. The molecule has 1 saturated carbocycles. The molecule has 1 aromatic carbocycles. The first-order valence-electron chi connectivity index (χ1n) is 11.5. The molecule has 4 aliphatic rings.